The van der Waals surface area contributed by atoms with Gasteiger partial charge in [-0.2, -0.15) is 4.98 Å². The van der Waals surface area contributed by atoms with Crippen molar-refractivity contribution in [1.82, 2.24) is 14.6 Å². The minimum Gasteiger partial charge on any atom is -0.346 e. The summed E-state index contributed by atoms with van der Waals surface area (Å²) in [5.41, 5.74) is 2.01. The maximum Gasteiger partial charge on any atom is 0.245 e. The summed E-state index contributed by atoms with van der Waals surface area (Å²) in [6.45, 7) is 2.02. The lowest BCUT2D eigenvalue weighted by Crippen LogP contribution is -2.10. The van der Waals surface area contributed by atoms with Crippen LogP contribution in [0.15, 0.2) is 16.7 Å². The Morgan fingerprint density at radius 1 is 1.43 bits per heavy atom. The molecule has 5 heteroatoms. The molecule has 0 atom stereocenters. The van der Waals surface area contributed by atoms with Crippen molar-refractivity contribution < 1.29 is 0 Å². The van der Waals surface area contributed by atoms with Gasteiger partial charge in [0, 0.05) is 24.8 Å². The van der Waals surface area contributed by atoms with Crippen LogP contribution in [-0.4, -0.2) is 28.7 Å². The van der Waals surface area contributed by atoms with E-state index in [9.17, 15) is 0 Å². The highest BCUT2D eigenvalue weighted by Gasteiger charge is 2.07. The molecule has 0 N–H and O–H groups in total. The third kappa shape index (κ3) is 1.48. The van der Waals surface area contributed by atoms with E-state index in [1.807, 2.05) is 38.2 Å². The number of aromatic nitrogens is 3. The molecular formula is C9H11BrN4. The molecule has 0 radical (unpaired) electrons. The van der Waals surface area contributed by atoms with E-state index in [1.165, 1.54) is 0 Å². The number of hydrogen-bond donors (Lipinski definition) is 0. The average molecular weight is 255 g/mol. The van der Waals surface area contributed by atoms with Crippen LogP contribution in [-0.2, 0) is 0 Å². The SMILES string of the molecule is Cc1cc(Br)cn2nc(N(C)C)nc12. The Labute approximate surface area is 90.7 Å². The fraction of sp³-hybridized carbons (Fsp3) is 0.333. The minimum atomic E-state index is 0.728. The minimum absolute atomic E-state index is 0.728. The fourth-order valence-electron chi connectivity index (χ4n) is 1.29. The van der Waals surface area contributed by atoms with E-state index in [-0.39, 0.29) is 0 Å². The molecule has 0 aliphatic rings. The fourth-order valence-corrected chi connectivity index (χ4v) is 1.82. The molecule has 0 saturated carbocycles. The molecule has 0 aliphatic carbocycles. The summed E-state index contributed by atoms with van der Waals surface area (Å²) < 4.78 is 2.80. The van der Waals surface area contributed by atoms with Gasteiger partial charge in [-0.15, -0.1) is 5.10 Å². The molecule has 0 saturated heterocycles. The van der Waals surface area contributed by atoms with Crippen LogP contribution in [0, 0.1) is 6.92 Å². The van der Waals surface area contributed by atoms with Crippen molar-refractivity contribution in [3.05, 3.63) is 22.3 Å². The molecule has 2 heterocycles. The first-order valence-electron chi connectivity index (χ1n) is 4.28. The zero-order valence-corrected chi connectivity index (χ0v) is 9.91. The highest BCUT2D eigenvalue weighted by atomic mass is 79.9. The van der Waals surface area contributed by atoms with Gasteiger partial charge in [0.05, 0.1) is 0 Å². The van der Waals surface area contributed by atoms with Crippen LogP contribution in [0.4, 0.5) is 5.95 Å². The zero-order valence-electron chi connectivity index (χ0n) is 8.32. The summed E-state index contributed by atoms with van der Waals surface area (Å²) in [7, 11) is 3.86. The molecule has 0 aliphatic heterocycles. The standard InChI is InChI=1S/C9H11BrN4/c1-6-4-7(10)5-14-8(6)11-9(12-14)13(2)3/h4-5H,1-3H3. The van der Waals surface area contributed by atoms with Crippen molar-refractivity contribution in [2.75, 3.05) is 19.0 Å². The van der Waals surface area contributed by atoms with E-state index in [4.69, 9.17) is 0 Å². The second-order valence-corrected chi connectivity index (χ2v) is 4.33. The Kier molecular flexibility index (Phi) is 2.19. The molecule has 0 aromatic carbocycles. The second-order valence-electron chi connectivity index (χ2n) is 3.42. The van der Waals surface area contributed by atoms with Crippen molar-refractivity contribution in [2.24, 2.45) is 0 Å². The normalized spacial score (nSPS) is 10.9. The number of hydrogen-bond acceptors (Lipinski definition) is 3. The number of halogens is 1. The van der Waals surface area contributed by atoms with Crippen molar-refractivity contribution in [3.8, 4) is 0 Å². The number of fused-ring (bicyclic) bond motifs is 1. The van der Waals surface area contributed by atoms with Crippen molar-refractivity contribution in [2.45, 2.75) is 6.92 Å². The van der Waals surface area contributed by atoms with Crippen molar-refractivity contribution >= 4 is 27.5 Å². The molecule has 0 spiro atoms. The van der Waals surface area contributed by atoms with Gasteiger partial charge in [-0.25, -0.2) is 4.52 Å². The lowest BCUT2D eigenvalue weighted by Gasteiger charge is -2.03. The van der Waals surface area contributed by atoms with Gasteiger partial charge in [0.1, 0.15) is 0 Å². The Hall–Kier alpha value is -1.10. The van der Waals surface area contributed by atoms with Crippen LogP contribution in [0.1, 0.15) is 5.56 Å². The first-order chi connectivity index (χ1) is 6.58. The van der Waals surface area contributed by atoms with Crippen LogP contribution >= 0.6 is 15.9 Å². The lowest BCUT2D eigenvalue weighted by atomic mass is 10.3. The number of rotatable bonds is 1. The van der Waals surface area contributed by atoms with Crippen molar-refractivity contribution in [1.29, 1.82) is 0 Å². The van der Waals surface area contributed by atoms with Gasteiger partial charge in [0.25, 0.3) is 0 Å². The highest BCUT2D eigenvalue weighted by molar-refractivity contribution is 9.10. The monoisotopic (exact) mass is 254 g/mol. The molecule has 0 fully saturated rings. The van der Waals surface area contributed by atoms with Crippen LogP contribution in [0.5, 0.6) is 0 Å². The number of aryl methyl sites for hydroxylation is 1. The van der Waals surface area contributed by atoms with E-state index in [1.54, 1.807) is 4.52 Å². The Bertz CT molecular complexity index is 475. The van der Waals surface area contributed by atoms with Gasteiger partial charge >= 0.3 is 0 Å². The summed E-state index contributed by atoms with van der Waals surface area (Å²) in [4.78, 5) is 6.30. The second kappa shape index (κ2) is 3.24. The van der Waals surface area contributed by atoms with E-state index >= 15 is 0 Å². The topological polar surface area (TPSA) is 33.4 Å². The quantitative estimate of drug-likeness (QED) is 0.779. The Balaban J connectivity index is 2.70. The van der Waals surface area contributed by atoms with Crippen LogP contribution in [0.25, 0.3) is 5.65 Å². The molecule has 2 aromatic heterocycles. The Morgan fingerprint density at radius 2 is 2.14 bits per heavy atom. The van der Waals surface area contributed by atoms with Gasteiger partial charge in [0.2, 0.25) is 5.95 Å². The first kappa shape index (κ1) is 9.45. The van der Waals surface area contributed by atoms with Gasteiger partial charge in [-0.05, 0) is 34.5 Å². The van der Waals surface area contributed by atoms with Gasteiger partial charge in [-0.1, -0.05) is 0 Å². The Morgan fingerprint density at radius 3 is 2.79 bits per heavy atom. The third-order valence-electron chi connectivity index (χ3n) is 1.97. The average Bonchev–Trinajstić information content (AvgIpc) is 2.47. The summed E-state index contributed by atoms with van der Waals surface area (Å²) >= 11 is 3.43. The molecule has 2 aromatic rings. The first-order valence-corrected chi connectivity index (χ1v) is 5.07. The summed E-state index contributed by atoms with van der Waals surface area (Å²) in [6.07, 6.45) is 1.91. The molecule has 2 rings (SSSR count). The van der Waals surface area contributed by atoms with E-state index in [0.29, 0.717) is 0 Å². The van der Waals surface area contributed by atoms with Crippen molar-refractivity contribution in [3.63, 3.8) is 0 Å². The van der Waals surface area contributed by atoms with E-state index < -0.39 is 0 Å². The van der Waals surface area contributed by atoms with Crippen LogP contribution < -0.4 is 4.90 Å². The number of pyridine rings is 1. The molecule has 0 bridgehead atoms. The maximum atomic E-state index is 4.41. The highest BCUT2D eigenvalue weighted by Crippen LogP contribution is 2.17. The summed E-state index contributed by atoms with van der Waals surface area (Å²) in [5, 5.41) is 4.34. The van der Waals surface area contributed by atoms with Gasteiger partial charge in [0.15, 0.2) is 5.65 Å². The number of nitrogens with zero attached hydrogens (tertiary/aromatic N) is 4. The predicted octanol–water partition coefficient (Wildman–Crippen LogP) is 1.87. The molecule has 14 heavy (non-hydrogen) atoms. The molecule has 0 amide bonds. The molecule has 0 unspecified atom stereocenters. The summed E-state index contributed by atoms with van der Waals surface area (Å²) in [5.74, 6) is 0.728. The van der Waals surface area contributed by atoms with Gasteiger partial charge < -0.3 is 4.90 Å². The lowest BCUT2D eigenvalue weighted by molar-refractivity contribution is 0.921. The molecule has 4 nitrogen and oxygen atoms in total. The number of anilines is 1. The maximum absolute atomic E-state index is 4.41. The third-order valence-corrected chi connectivity index (χ3v) is 2.41. The van der Waals surface area contributed by atoms with E-state index in [0.717, 1.165) is 21.6 Å². The smallest absolute Gasteiger partial charge is 0.245 e. The van der Waals surface area contributed by atoms with Crippen LogP contribution in [0.3, 0.4) is 0 Å². The largest absolute Gasteiger partial charge is 0.346 e. The summed E-state index contributed by atoms with van der Waals surface area (Å²) in [6, 6.07) is 2.03. The van der Waals surface area contributed by atoms with Gasteiger partial charge in [-0.3, -0.25) is 0 Å². The van der Waals surface area contributed by atoms with E-state index in [2.05, 4.69) is 26.0 Å². The molecule has 74 valence electrons. The predicted molar refractivity (Wildman–Crippen MR) is 59.8 cm³/mol. The van der Waals surface area contributed by atoms with Crippen LogP contribution in [0.2, 0.25) is 0 Å². The molecular weight excluding hydrogens is 244 g/mol. The zero-order chi connectivity index (χ0) is 10.3.